The van der Waals surface area contributed by atoms with Crippen molar-refractivity contribution < 1.29 is 23.8 Å². The van der Waals surface area contributed by atoms with Gasteiger partial charge in [-0.1, -0.05) is 36.0 Å². The van der Waals surface area contributed by atoms with Gasteiger partial charge in [-0.05, 0) is 43.2 Å². The van der Waals surface area contributed by atoms with Gasteiger partial charge in [-0.25, -0.2) is 0 Å². The predicted molar refractivity (Wildman–Crippen MR) is 117 cm³/mol. The van der Waals surface area contributed by atoms with Crippen LogP contribution in [0.4, 0.5) is 0 Å². The SMILES string of the molecule is CCOCCCN1C(=O)C(Sc2ccccc2)=C(c2ccc(OC)c(OC)c2)C1=O. The maximum atomic E-state index is 13.3. The zero-order valence-corrected chi connectivity index (χ0v) is 18.2. The molecular formula is C23H25NO5S. The second kappa shape index (κ2) is 10.3. The van der Waals surface area contributed by atoms with Crippen molar-refractivity contribution in [3.05, 3.63) is 59.0 Å². The average molecular weight is 428 g/mol. The van der Waals surface area contributed by atoms with Crippen molar-refractivity contribution in [2.24, 2.45) is 0 Å². The lowest BCUT2D eigenvalue weighted by molar-refractivity contribution is -0.136. The number of benzene rings is 2. The summed E-state index contributed by atoms with van der Waals surface area (Å²) < 4.78 is 16.0. The zero-order chi connectivity index (χ0) is 21.5. The molecule has 0 unspecified atom stereocenters. The Hall–Kier alpha value is -2.77. The van der Waals surface area contributed by atoms with E-state index in [1.165, 1.54) is 23.8 Å². The second-order valence-corrected chi connectivity index (χ2v) is 7.59. The molecule has 0 radical (unpaired) electrons. The Bertz CT molecular complexity index is 942. The van der Waals surface area contributed by atoms with Gasteiger partial charge in [0.15, 0.2) is 11.5 Å². The molecule has 158 valence electrons. The molecule has 0 aromatic heterocycles. The standard InChI is InChI=1S/C23H25NO5S/c1-4-29-14-8-13-24-22(25)20(16-11-12-18(27-2)19(15-16)28-3)21(23(24)26)30-17-9-6-5-7-10-17/h5-7,9-12,15H,4,8,13-14H2,1-3H3. The highest BCUT2D eigenvalue weighted by Gasteiger charge is 2.39. The minimum absolute atomic E-state index is 0.282. The van der Waals surface area contributed by atoms with Crippen molar-refractivity contribution in [2.45, 2.75) is 18.2 Å². The maximum Gasteiger partial charge on any atom is 0.268 e. The van der Waals surface area contributed by atoms with E-state index in [1.807, 2.05) is 37.3 Å². The number of methoxy groups -OCH3 is 2. The number of amides is 2. The van der Waals surface area contributed by atoms with E-state index in [2.05, 4.69) is 0 Å². The van der Waals surface area contributed by atoms with Crippen LogP contribution >= 0.6 is 11.8 Å². The number of thioether (sulfide) groups is 1. The number of imide groups is 1. The fraction of sp³-hybridized carbons (Fsp3) is 0.304. The lowest BCUT2D eigenvalue weighted by Crippen LogP contribution is -2.33. The molecule has 0 bridgehead atoms. The molecule has 0 saturated heterocycles. The summed E-state index contributed by atoms with van der Waals surface area (Å²) in [5, 5.41) is 0. The van der Waals surface area contributed by atoms with Gasteiger partial charge < -0.3 is 14.2 Å². The van der Waals surface area contributed by atoms with Crippen LogP contribution in [0.15, 0.2) is 58.3 Å². The molecule has 0 saturated carbocycles. The number of ether oxygens (including phenoxy) is 3. The molecular weight excluding hydrogens is 402 g/mol. The molecule has 0 N–H and O–H groups in total. The average Bonchev–Trinajstić information content (AvgIpc) is 3.00. The number of hydrogen-bond acceptors (Lipinski definition) is 6. The molecule has 6 nitrogen and oxygen atoms in total. The van der Waals surface area contributed by atoms with Crippen molar-refractivity contribution >= 4 is 29.1 Å². The van der Waals surface area contributed by atoms with Crippen LogP contribution in [0.5, 0.6) is 11.5 Å². The topological polar surface area (TPSA) is 65.1 Å². The van der Waals surface area contributed by atoms with Crippen LogP contribution in [-0.4, -0.2) is 50.7 Å². The van der Waals surface area contributed by atoms with Crippen molar-refractivity contribution in [1.29, 1.82) is 0 Å². The van der Waals surface area contributed by atoms with E-state index in [-0.39, 0.29) is 11.8 Å². The summed E-state index contributed by atoms with van der Waals surface area (Å²) in [4.78, 5) is 29.0. The van der Waals surface area contributed by atoms with Gasteiger partial charge in [0.2, 0.25) is 0 Å². The van der Waals surface area contributed by atoms with E-state index >= 15 is 0 Å². The number of rotatable bonds is 10. The largest absolute Gasteiger partial charge is 0.493 e. The third kappa shape index (κ3) is 4.68. The summed E-state index contributed by atoms with van der Waals surface area (Å²) in [5.41, 5.74) is 1.00. The molecule has 2 amide bonds. The molecule has 2 aromatic rings. The minimum Gasteiger partial charge on any atom is -0.493 e. The zero-order valence-electron chi connectivity index (χ0n) is 17.3. The van der Waals surface area contributed by atoms with Crippen molar-refractivity contribution in [3.63, 3.8) is 0 Å². The van der Waals surface area contributed by atoms with Crippen LogP contribution < -0.4 is 9.47 Å². The van der Waals surface area contributed by atoms with Crippen molar-refractivity contribution in [1.82, 2.24) is 4.90 Å². The fourth-order valence-electron chi connectivity index (χ4n) is 3.17. The van der Waals surface area contributed by atoms with Gasteiger partial charge in [-0.2, -0.15) is 0 Å². The molecule has 0 aliphatic carbocycles. The number of carbonyl (C=O) groups excluding carboxylic acids is 2. The first-order chi connectivity index (χ1) is 14.6. The molecule has 0 fully saturated rings. The highest BCUT2D eigenvalue weighted by Crippen LogP contribution is 2.41. The van der Waals surface area contributed by atoms with Crippen LogP contribution in [0.2, 0.25) is 0 Å². The van der Waals surface area contributed by atoms with Gasteiger partial charge in [0, 0.05) is 24.7 Å². The van der Waals surface area contributed by atoms with Gasteiger partial charge >= 0.3 is 0 Å². The smallest absolute Gasteiger partial charge is 0.268 e. The Labute approximate surface area is 180 Å². The highest BCUT2D eigenvalue weighted by atomic mass is 32.2. The summed E-state index contributed by atoms with van der Waals surface area (Å²) in [5.74, 6) is 0.475. The van der Waals surface area contributed by atoms with E-state index in [1.54, 1.807) is 25.3 Å². The van der Waals surface area contributed by atoms with E-state index in [0.717, 1.165) is 4.90 Å². The Morgan fingerprint density at radius 2 is 1.67 bits per heavy atom. The van der Waals surface area contributed by atoms with Crippen molar-refractivity contribution in [3.8, 4) is 11.5 Å². The number of hydrogen-bond donors (Lipinski definition) is 0. The first-order valence-electron chi connectivity index (χ1n) is 9.74. The van der Waals surface area contributed by atoms with Crippen LogP contribution in [0.25, 0.3) is 5.57 Å². The summed E-state index contributed by atoms with van der Waals surface area (Å²) in [6, 6.07) is 14.8. The monoisotopic (exact) mass is 427 g/mol. The molecule has 30 heavy (non-hydrogen) atoms. The molecule has 1 aliphatic heterocycles. The molecule has 1 aliphatic rings. The predicted octanol–water partition coefficient (Wildman–Crippen LogP) is 4.00. The first-order valence-corrected chi connectivity index (χ1v) is 10.6. The van der Waals surface area contributed by atoms with Gasteiger partial charge in [0.05, 0.1) is 24.7 Å². The third-order valence-electron chi connectivity index (χ3n) is 4.64. The minimum atomic E-state index is -0.304. The number of carbonyl (C=O) groups is 2. The third-order valence-corrected chi connectivity index (χ3v) is 5.73. The normalized spacial score (nSPS) is 13.9. The first kappa shape index (κ1) is 21.9. The lowest BCUT2D eigenvalue weighted by Gasteiger charge is -2.15. The van der Waals surface area contributed by atoms with Gasteiger partial charge in [-0.3, -0.25) is 14.5 Å². The van der Waals surface area contributed by atoms with E-state index in [9.17, 15) is 9.59 Å². The Balaban J connectivity index is 1.98. The van der Waals surface area contributed by atoms with Gasteiger partial charge in [-0.15, -0.1) is 0 Å². The Morgan fingerprint density at radius 1 is 0.933 bits per heavy atom. The van der Waals surface area contributed by atoms with E-state index in [4.69, 9.17) is 14.2 Å². The van der Waals surface area contributed by atoms with Gasteiger partial charge in [0.1, 0.15) is 0 Å². The van der Waals surface area contributed by atoms with Crippen LogP contribution in [-0.2, 0) is 14.3 Å². The molecule has 2 aromatic carbocycles. The van der Waals surface area contributed by atoms with Crippen LogP contribution in [0.1, 0.15) is 18.9 Å². The highest BCUT2D eigenvalue weighted by molar-refractivity contribution is 8.04. The van der Waals surface area contributed by atoms with Crippen LogP contribution in [0, 0.1) is 0 Å². The summed E-state index contributed by atoms with van der Waals surface area (Å²) >= 11 is 1.30. The second-order valence-electron chi connectivity index (χ2n) is 6.50. The summed E-state index contributed by atoms with van der Waals surface area (Å²) in [7, 11) is 3.09. The molecule has 3 rings (SSSR count). The maximum absolute atomic E-state index is 13.3. The molecule has 0 atom stereocenters. The Kier molecular flexibility index (Phi) is 7.54. The summed E-state index contributed by atoms with van der Waals surface area (Å²) in [6.45, 7) is 3.33. The lowest BCUT2D eigenvalue weighted by atomic mass is 10.1. The number of nitrogens with zero attached hydrogens (tertiary/aromatic N) is 1. The molecule has 7 heteroatoms. The molecule has 0 spiro atoms. The van der Waals surface area contributed by atoms with Crippen LogP contribution in [0.3, 0.4) is 0 Å². The van der Waals surface area contributed by atoms with Crippen molar-refractivity contribution in [2.75, 3.05) is 34.0 Å². The quantitative estimate of drug-likeness (QED) is 0.422. The van der Waals surface area contributed by atoms with E-state index in [0.29, 0.717) is 53.7 Å². The summed E-state index contributed by atoms with van der Waals surface area (Å²) in [6.07, 6.45) is 0.591. The van der Waals surface area contributed by atoms with Gasteiger partial charge in [0.25, 0.3) is 11.8 Å². The fourth-order valence-corrected chi connectivity index (χ4v) is 4.21. The molecule has 1 heterocycles. The Morgan fingerprint density at radius 3 is 2.33 bits per heavy atom. The van der Waals surface area contributed by atoms with E-state index < -0.39 is 0 Å².